The number of rotatable bonds is 5. The molecule has 1 aromatic carbocycles. The van der Waals surface area contributed by atoms with Crippen molar-refractivity contribution in [3.63, 3.8) is 0 Å². The maximum atomic E-state index is 6.45. The van der Waals surface area contributed by atoms with Crippen molar-refractivity contribution in [2.45, 2.75) is 25.3 Å². The van der Waals surface area contributed by atoms with Gasteiger partial charge in [-0.3, -0.25) is 0 Å². The second kappa shape index (κ2) is 6.10. The zero-order valence-electron chi connectivity index (χ0n) is 12.8. The minimum absolute atomic E-state index is 0.308. The van der Waals surface area contributed by atoms with Crippen molar-refractivity contribution < 1.29 is 9.47 Å². The molecule has 0 saturated heterocycles. The molecular formula is C16H21N3O2. The summed E-state index contributed by atoms with van der Waals surface area (Å²) in [4.78, 5) is 8.63. The molecule has 1 aromatic heterocycles. The predicted molar refractivity (Wildman–Crippen MR) is 81.5 cm³/mol. The van der Waals surface area contributed by atoms with Gasteiger partial charge >= 0.3 is 0 Å². The molecule has 0 radical (unpaired) electrons. The number of hydrogen-bond donors (Lipinski definition) is 1. The van der Waals surface area contributed by atoms with E-state index in [2.05, 4.69) is 35.9 Å². The molecule has 0 aliphatic rings. The first-order valence-corrected chi connectivity index (χ1v) is 6.76. The number of methoxy groups -OCH3 is 2. The van der Waals surface area contributed by atoms with Gasteiger partial charge in [-0.15, -0.1) is 0 Å². The van der Waals surface area contributed by atoms with Crippen LogP contribution in [0.4, 0.5) is 0 Å². The number of hydrogen-bond acceptors (Lipinski definition) is 5. The Morgan fingerprint density at radius 2 is 1.76 bits per heavy atom. The van der Waals surface area contributed by atoms with Gasteiger partial charge in [-0.25, -0.2) is 4.98 Å². The molecule has 0 saturated carbocycles. The molecule has 5 nitrogen and oxygen atoms in total. The minimum Gasteiger partial charge on any atom is -0.480 e. The van der Waals surface area contributed by atoms with Gasteiger partial charge in [0.05, 0.1) is 26.5 Å². The molecule has 5 heteroatoms. The number of ether oxygens (including phenoxy) is 2. The summed E-state index contributed by atoms with van der Waals surface area (Å²) in [5.74, 6) is 0.797. The summed E-state index contributed by atoms with van der Waals surface area (Å²) in [6.07, 6.45) is 1.55. The topological polar surface area (TPSA) is 70.3 Å². The van der Waals surface area contributed by atoms with E-state index in [9.17, 15) is 0 Å². The van der Waals surface area contributed by atoms with E-state index in [1.165, 1.54) is 7.11 Å². The summed E-state index contributed by atoms with van der Waals surface area (Å²) < 4.78 is 10.4. The smallest absolute Gasteiger partial charge is 0.240 e. The summed E-state index contributed by atoms with van der Waals surface area (Å²) in [7, 11) is 3.09. The number of aromatic nitrogens is 2. The van der Waals surface area contributed by atoms with Crippen LogP contribution in [0.1, 0.15) is 31.1 Å². The molecule has 1 unspecified atom stereocenters. The molecular weight excluding hydrogens is 266 g/mol. The van der Waals surface area contributed by atoms with Gasteiger partial charge in [0, 0.05) is 5.41 Å². The first kappa shape index (κ1) is 15.3. The van der Waals surface area contributed by atoms with Crippen LogP contribution >= 0.6 is 0 Å². The molecule has 0 bridgehead atoms. The fourth-order valence-electron chi connectivity index (χ4n) is 2.22. The lowest BCUT2D eigenvalue weighted by Crippen LogP contribution is -2.34. The highest BCUT2D eigenvalue weighted by atomic mass is 16.5. The SMILES string of the molecule is COc1cnc(C(N)C(C)(C)c2ccccc2)c(OC)n1. The Balaban J connectivity index is 2.41. The Labute approximate surface area is 125 Å². The van der Waals surface area contributed by atoms with Crippen molar-refractivity contribution >= 4 is 0 Å². The molecule has 0 aliphatic heterocycles. The molecule has 1 heterocycles. The van der Waals surface area contributed by atoms with Crippen molar-refractivity contribution in [2.75, 3.05) is 14.2 Å². The zero-order chi connectivity index (χ0) is 15.5. The van der Waals surface area contributed by atoms with E-state index in [1.807, 2.05) is 18.2 Å². The fourth-order valence-corrected chi connectivity index (χ4v) is 2.22. The third-order valence-corrected chi connectivity index (χ3v) is 3.74. The highest BCUT2D eigenvalue weighted by Crippen LogP contribution is 2.37. The van der Waals surface area contributed by atoms with Crippen molar-refractivity contribution in [1.82, 2.24) is 9.97 Å². The van der Waals surface area contributed by atoms with Gasteiger partial charge in [0.25, 0.3) is 0 Å². The van der Waals surface area contributed by atoms with Crippen LogP contribution in [0.2, 0.25) is 0 Å². The zero-order valence-corrected chi connectivity index (χ0v) is 12.8. The molecule has 1 atom stereocenters. The maximum Gasteiger partial charge on any atom is 0.240 e. The number of benzene rings is 1. The van der Waals surface area contributed by atoms with Gasteiger partial charge in [0.1, 0.15) is 5.69 Å². The molecule has 21 heavy (non-hydrogen) atoms. The molecule has 0 spiro atoms. The first-order valence-electron chi connectivity index (χ1n) is 6.76. The lowest BCUT2D eigenvalue weighted by molar-refractivity contribution is 0.337. The third kappa shape index (κ3) is 2.97. The Kier molecular flexibility index (Phi) is 4.43. The van der Waals surface area contributed by atoms with E-state index in [-0.39, 0.29) is 11.5 Å². The molecule has 0 fully saturated rings. The molecule has 2 N–H and O–H groups in total. The molecule has 2 rings (SSSR count). The van der Waals surface area contributed by atoms with Crippen LogP contribution in [-0.2, 0) is 5.41 Å². The van der Waals surface area contributed by atoms with Crippen molar-refractivity contribution in [3.8, 4) is 11.8 Å². The van der Waals surface area contributed by atoms with E-state index in [1.54, 1.807) is 13.3 Å². The number of nitrogens with zero attached hydrogens (tertiary/aromatic N) is 2. The predicted octanol–water partition coefficient (Wildman–Crippen LogP) is 2.47. The van der Waals surface area contributed by atoms with Gasteiger partial charge < -0.3 is 15.2 Å². The summed E-state index contributed by atoms with van der Waals surface area (Å²) in [6.45, 7) is 4.16. The largest absolute Gasteiger partial charge is 0.480 e. The average molecular weight is 287 g/mol. The van der Waals surface area contributed by atoms with E-state index >= 15 is 0 Å². The number of nitrogens with two attached hydrogens (primary N) is 1. The van der Waals surface area contributed by atoms with E-state index in [0.717, 1.165) is 5.56 Å². The highest BCUT2D eigenvalue weighted by molar-refractivity contribution is 5.33. The highest BCUT2D eigenvalue weighted by Gasteiger charge is 2.33. The van der Waals surface area contributed by atoms with Gasteiger partial charge in [0.15, 0.2) is 0 Å². The molecule has 2 aromatic rings. The van der Waals surface area contributed by atoms with Crippen LogP contribution in [0.15, 0.2) is 36.5 Å². The Hall–Kier alpha value is -2.14. The monoisotopic (exact) mass is 287 g/mol. The van der Waals surface area contributed by atoms with Gasteiger partial charge in [-0.1, -0.05) is 44.2 Å². The summed E-state index contributed by atoms with van der Waals surface area (Å²) >= 11 is 0. The first-order chi connectivity index (χ1) is 10.0. The van der Waals surface area contributed by atoms with Crippen LogP contribution in [0.25, 0.3) is 0 Å². The Bertz CT molecular complexity index is 600. The normalized spacial score (nSPS) is 12.8. The molecule has 0 aliphatic carbocycles. The van der Waals surface area contributed by atoms with E-state index in [4.69, 9.17) is 15.2 Å². The Morgan fingerprint density at radius 3 is 2.33 bits per heavy atom. The summed E-state index contributed by atoms with van der Waals surface area (Å²) in [5, 5.41) is 0. The quantitative estimate of drug-likeness (QED) is 0.914. The fraction of sp³-hybridized carbons (Fsp3) is 0.375. The van der Waals surface area contributed by atoms with Crippen LogP contribution in [0, 0.1) is 0 Å². The maximum absolute atomic E-state index is 6.45. The van der Waals surface area contributed by atoms with E-state index < -0.39 is 0 Å². The van der Waals surface area contributed by atoms with Gasteiger partial charge in [-0.05, 0) is 5.56 Å². The van der Waals surface area contributed by atoms with Gasteiger partial charge in [0.2, 0.25) is 11.8 Å². The lowest BCUT2D eigenvalue weighted by atomic mass is 9.77. The molecule has 0 amide bonds. The van der Waals surface area contributed by atoms with Crippen molar-refractivity contribution in [1.29, 1.82) is 0 Å². The van der Waals surface area contributed by atoms with Crippen molar-refractivity contribution in [2.24, 2.45) is 5.73 Å². The van der Waals surface area contributed by atoms with Crippen LogP contribution < -0.4 is 15.2 Å². The second-order valence-corrected chi connectivity index (χ2v) is 5.37. The summed E-state index contributed by atoms with van der Waals surface area (Å²) in [5.41, 5.74) is 7.90. The standard InChI is InChI=1S/C16H21N3O2/c1-16(2,11-8-6-5-7-9-11)14(17)13-15(21-4)19-12(20-3)10-18-13/h5-10,14H,17H2,1-4H3. The third-order valence-electron chi connectivity index (χ3n) is 3.74. The van der Waals surface area contributed by atoms with Crippen LogP contribution in [-0.4, -0.2) is 24.2 Å². The van der Waals surface area contributed by atoms with Crippen LogP contribution in [0.3, 0.4) is 0 Å². The lowest BCUT2D eigenvalue weighted by Gasteiger charge is -2.32. The Morgan fingerprint density at radius 1 is 1.10 bits per heavy atom. The minimum atomic E-state index is -0.353. The second-order valence-electron chi connectivity index (χ2n) is 5.37. The average Bonchev–Trinajstić information content (AvgIpc) is 2.54. The van der Waals surface area contributed by atoms with Crippen molar-refractivity contribution in [3.05, 3.63) is 47.8 Å². The molecule has 112 valence electrons. The van der Waals surface area contributed by atoms with E-state index in [0.29, 0.717) is 17.5 Å². The van der Waals surface area contributed by atoms with Gasteiger partial charge in [-0.2, -0.15) is 4.98 Å². The summed E-state index contributed by atoms with van der Waals surface area (Å²) in [6, 6.07) is 9.75. The van der Waals surface area contributed by atoms with Crippen LogP contribution in [0.5, 0.6) is 11.8 Å².